The number of Topliss-reactive ketones (excluding diaryl/α,β-unsaturated/α-hetero) is 2. The highest BCUT2D eigenvalue weighted by Crippen LogP contribution is 2.66. The van der Waals surface area contributed by atoms with Crippen molar-refractivity contribution in [2.45, 2.75) is 52.6 Å². The summed E-state index contributed by atoms with van der Waals surface area (Å²) in [5.74, 6) is -0.927. The zero-order valence-corrected chi connectivity index (χ0v) is 24.4. The number of phenolic OH excluding ortho intramolecular Hbond substituents is 1. The van der Waals surface area contributed by atoms with E-state index < -0.39 is 34.2 Å². The molecule has 1 fully saturated rings. The minimum Gasteiger partial charge on any atom is -0.502 e. The van der Waals surface area contributed by atoms with Crippen molar-refractivity contribution in [1.82, 2.24) is 13.9 Å². The van der Waals surface area contributed by atoms with E-state index >= 15 is 0 Å². The normalized spacial score (nSPS) is 26.8. The molecule has 0 bridgehead atoms. The molecule has 10 heteroatoms. The summed E-state index contributed by atoms with van der Waals surface area (Å²) in [6.07, 6.45) is 2.03. The average molecular weight is 572 g/mol. The van der Waals surface area contributed by atoms with E-state index in [-0.39, 0.29) is 41.8 Å². The maximum Gasteiger partial charge on any atom is 0.352 e. The first-order valence-electron chi connectivity index (χ1n) is 13.8. The number of hydrogen-bond acceptors (Lipinski definition) is 7. The number of nitrogens with zero attached hydrogens (tertiary/aromatic N) is 3. The average Bonchev–Trinajstić information content (AvgIpc) is 3.25. The Morgan fingerprint density at radius 3 is 2.07 bits per heavy atom. The van der Waals surface area contributed by atoms with Crippen molar-refractivity contribution in [3.8, 4) is 22.9 Å². The van der Waals surface area contributed by atoms with Gasteiger partial charge in [0.05, 0.1) is 37.9 Å². The Morgan fingerprint density at radius 1 is 0.881 bits per heavy atom. The second-order valence-corrected chi connectivity index (χ2v) is 11.7. The van der Waals surface area contributed by atoms with Gasteiger partial charge in [-0.1, -0.05) is 38.1 Å². The molecule has 1 aliphatic heterocycles. The lowest BCUT2D eigenvalue weighted by molar-refractivity contribution is -0.151. The third-order valence-electron chi connectivity index (χ3n) is 9.96. The predicted octanol–water partition coefficient (Wildman–Crippen LogP) is 3.69. The van der Waals surface area contributed by atoms with Crippen LogP contribution in [0.3, 0.4) is 0 Å². The molecule has 4 atom stereocenters. The van der Waals surface area contributed by atoms with Gasteiger partial charge < -0.3 is 14.6 Å². The molecule has 3 aliphatic rings. The fourth-order valence-corrected chi connectivity index (χ4v) is 7.46. The topological polar surface area (TPSA) is 122 Å². The van der Waals surface area contributed by atoms with Gasteiger partial charge in [-0.3, -0.25) is 9.59 Å². The van der Waals surface area contributed by atoms with Crippen LogP contribution in [0.15, 0.2) is 74.8 Å². The van der Waals surface area contributed by atoms with Crippen LogP contribution in [-0.4, -0.2) is 44.8 Å². The molecule has 0 saturated heterocycles. The molecule has 1 aromatic heterocycles. The minimum absolute atomic E-state index is 0.103. The fourth-order valence-electron chi connectivity index (χ4n) is 7.46. The maximum absolute atomic E-state index is 14.4. The van der Waals surface area contributed by atoms with Crippen molar-refractivity contribution in [3.05, 3.63) is 91.8 Å². The third-order valence-corrected chi connectivity index (χ3v) is 9.96. The van der Waals surface area contributed by atoms with Gasteiger partial charge in [0.25, 0.3) is 0 Å². The van der Waals surface area contributed by atoms with Crippen molar-refractivity contribution < 1.29 is 24.2 Å². The van der Waals surface area contributed by atoms with E-state index in [9.17, 15) is 24.3 Å². The largest absolute Gasteiger partial charge is 0.502 e. The van der Waals surface area contributed by atoms with Crippen molar-refractivity contribution in [1.29, 1.82) is 0 Å². The molecule has 0 spiro atoms. The zero-order valence-electron chi connectivity index (χ0n) is 24.4. The molecule has 218 valence electrons. The molecule has 10 nitrogen and oxygen atoms in total. The Balaban J connectivity index is 1.67. The summed E-state index contributed by atoms with van der Waals surface area (Å²) in [6, 6.07) is 11.3. The van der Waals surface area contributed by atoms with Gasteiger partial charge in [0, 0.05) is 11.3 Å². The first-order valence-corrected chi connectivity index (χ1v) is 13.8. The molecular formula is C32H33N3O7. The van der Waals surface area contributed by atoms with Crippen LogP contribution in [0.2, 0.25) is 0 Å². The van der Waals surface area contributed by atoms with Crippen LogP contribution in [0.5, 0.6) is 17.2 Å². The zero-order chi connectivity index (χ0) is 30.3. The summed E-state index contributed by atoms with van der Waals surface area (Å²) < 4.78 is 14.9. The lowest BCUT2D eigenvalue weighted by atomic mass is 9.43. The minimum atomic E-state index is -1.25. The first kappa shape index (κ1) is 27.6. The summed E-state index contributed by atoms with van der Waals surface area (Å²) >= 11 is 0. The summed E-state index contributed by atoms with van der Waals surface area (Å²) in [6.45, 7) is 7.06. The molecule has 0 amide bonds. The van der Waals surface area contributed by atoms with Gasteiger partial charge in [0.1, 0.15) is 0 Å². The summed E-state index contributed by atoms with van der Waals surface area (Å²) in [5, 5.41) is 10.7. The molecule has 3 aromatic rings. The number of ether oxygens (including phenoxy) is 2. The van der Waals surface area contributed by atoms with Gasteiger partial charge in [-0.2, -0.15) is 0 Å². The number of benzene rings is 2. The molecule has 0 unspecified atom stereocenters. The molecular weight excluding hydrogens is 538 g/mol. The monoisotopic (exact) mass is 571 g/mol. The number of carbonyl (C=O) groups is 2. The maximum atomic E-state index is 14.4. The Labute approximate surface area is 242 Å². The van der Waals surface area contributed by atoms with Crippen LogP contribution in [0.25, 0.3) is 5.69 Å². The molecule has 1 saturated carbocycles. The van der Waals surface area contributed by atoms with E-state index in [0.29, 0.717) is 22.4 Å². The summed E-state index contributed by atoms with van der Waals surface area (Å²) in [5.41, 5.74) is -0.914. The first-order chi connectivity index (χ1) is 19.9. The fraction of sp³-hybridized carbons (Fsp3) is 0.375. The molecule has 2 aliphatic carbocycles. The van der Waals surface area contributed by atoms with E-state index in [2.05, 4.69) is 0 Å². The highest BCUT2D eigenvalue weighted by molar-refractivity contribution is 6.17. The van der Waals surface area contributed by atoms with Gasteiger partial charge in [-0.25, -0.2) is 23.5 Å². The van der Waals surface area contributed by atoms with E-state index in [1.165, 1.54) is 23.6 Å². The van der Waals surface area contributed by atoms with E-state index in [1.807, 2.05) is 13.0 Å². The second-order valence-electron chi connectivity index (χ2n) is 11.7. The number of methoxy groups -OCH3 is 2. The van der Waals surface area contributed by atoms with Crippen LogP contribution in [0, 0.1) is 10.8 Å². The number of allylic oxidation sites excluding steroid dienone is 4. The Hall–Kier alpha value is -4.60. The van der Waals surface area contributed by atoms with Gasteiger partial charge in [0.15, 0.2) is 23.1 Å². The number of hydrogen-bond donors (Lipinski definition) is 1. The Kier molecular flexibility index (Phi) is 6.04. The van der Waals surface area contributed by atoms with Crippen molar-refractivity contribution in [3.63, 3.8) is 0 Å². The number of rotatable bonds is 4. The molecule has 2 aromatic carbocycles. The number of phenols is 1. The third kappa shape index (κ3) is 3.32. The lowest BCUT2D eigenvalue weighted by Crippen LogP contribution is -2.61. The SMILES string of the molecule is COc1cc([C@H]2C3=CCn4c(=O)n(-c5ccccc5)c(=O)n4[C@@H]3C[C@@]3(C)C(=O)C(C)=C(C)C(=O)[C@@]23C)cc(OC)c1O. The van der Waals surface area contributed by atoms with E-state index in [0.717, 1.165) is 10.1 Å². The molecule has 1 N–H and O–H groups in total. The number of ketones is 2. The van der Waals surface area contributed by atoms with Crippen molar-refractivity contribution >= 4 is 11.6 Å². The van der Waals surface area contributed by atoms with Crippen molar-refractivity contribution in [2.24, 2.45) is 10.8 Å². The van der Waals surface area contributed by atoms with Crippen molar-refractivity contribution in [2.75, 3.05) is 14.2 Å². The van der Waals surface area contributed by atoms with Gasteiger partial charge in [-0.15, -0.1) is 0 Å². The van der Waals surface area contributed by atoms with Crippen LogP contribution < -0.4 is 20.9 Å². The van der Waals surface area contributed by atoms with Gasteiger partial charge >= 0.3 is 11.4 Å². The van der Waals surface area contributed by atoms with E-state index in [1.54, 1.807) is 63.2 Å². The highest BCUT2D eigenvalue weighted by atomic mass is 16.5. The number of aromatic nitrogens is 3. The van der Waals surface area contributed by atoms with Crippen LogP contribution >= 0.6 is 0 Å². The lowest BCUT2D eigenvalue weighted by Gasteiger charge is -2.58. The van der Waals surface area contributed by atoms with Gasteiger partial charge in [0.2, 0.25) is 5.75 Å². The van der Waals surface area contributed by atoms with E-state index in [4.69, 9.17) is 9.47 Å². The number of aromatic hydroxyl groups is 1. The molecule has 6 rings (SSSR count). The second kappa shape index (κ2) is 9.20. The smallest absolute Gasteiger partial charge is 0.352 e. The molecule has 0 radical (unpaired) electrons. The van der Waals surface area contributed by atoms with Crippen LogP contribution in [0.1, 0.15) is 51.6 Å². The number of fused-ring (bicyclic) bond motifs is 4. The number of carbonyl (C=O) groups excluding carboxylic acids is 2. The van der Waals surface area contributed by atoms with Crippen LogP contribution in [0.4, 0.5) is 0 Å². The number of para-hydroxylation sites is 1. The van der Waals surface area contributed by atoms with Gasteiger partial charge in [-0.05, 0) is 66.8 Å². The highest BCUT2D eigenvalue weighted by Gasteiger charge is 2.66. The molecule has 2 heterocycles. The Bertz CT molecular complexity index is 1830. The standard InChI is InChI=1S/C32H33N3O7/c1-17-18(2)28(38)32(4)25(19-14-23(41-5)26(36)24(15-19)42-6)21-12-13-33-29(39)34(20-10-8-7-9-11-20)30(40)35(33)22(21)16-31(32,3)27(17)37/h7-12,14-15,22,25,36H,13,16H2,1-6H3/t22-,25+,31+,32-/m1/s1. The summed E-state index contributed by atoms with van der Waals surface area (Å²) in [4.78, 5) is 56.2. The summed E-state index contributed by atoms with van der Waals surface area (Å²) in [7, 11) is 2.84. The quantitative estimate of drug-likeness (QED) is 0.474. The van der Waals surface area contributed by atoms with Crippen LogP contribution in [-0.2, 0) is 16.1 Å². The molecule has 42 heavy (non-hydrogen) atoms. The Morgan fingerprint density at radius 2 is 1.48 bits per heavy atom. The predicted molar refractivity (Wildman–Crippen MR) is 155 cm³/mol.